The number of carboxylic acid groups (broad SMARTS) is 1. The van der Waals surface area contributed by atoms with Gasteiger partial charge < -0.3 is 10.1 Å². The van der Waals surface area contributed by atoms with Gasteiger partial charge in [0.2, 0.25) is 0 Å². The van der Waals surface area contributed by atoms with Crippen LogP contribution in [0.5, 0.6) is 0 Å². The Morgan fingerprint density at radius 3 is 2.76 bits per heavy atom. The minimum absolute atomic E-state index is 0.0105. The minimum Gasteiger partial charge on any atom is -0.478 e. The third-order valence-corrected chi connectivity index (χ3v) is 3.88. The standard InChI is InChI=1S/C16H22N2O3/c1-3-4-5-6-8-11(2)18-14-12(15(19)20)9-7-10-13(14)17-16(18)21/h7,9-11H,3-6,8H2,1-2H3,(H,17,21)(H,19,20). The zero-order chi connectivity index (χ0) is 15.4. The number of aromatic amines is 1. The van der Waals surface area contributed by atoms with Gasteiger partial charge in [0.1, 0.15) is 0 Å². The summed E-state index contributed by atoms with van der Waals surface area (Å²) in [6.45, 7) is 4.13. The molecule has 0 aliphatic rings. The van der Waals surface area contributed by atoms with E-state index in [1.165, 1.54) is 18.9 Å². The maximum Gasteiger partial charge on any atom is 0.337 e. The molecule has 114 valence electrons. The molecule has 1 aromatic carbocycles. The van der Waals surface area contributed by atoms with Gasteiger partial charge in [0.05, 0.1) is 16.6 Å². The molecular weight excluding hydrogens is 268 g/mol. The molecule has 5 heteroatoms. The summed E-state index contributed by atoms with van der Waals surface area (Å²) >= 11 is 0. The quantitative estimate of drug-likeness (QED) is 0.766. The molecule has 21 heavy (non-hydrogen) atoms. The molecule has 1 unspecified atom stereocenters. The summed E-state index contributed by atoms with van der Waals surface area (Å²) in [6, 6.07) is 4.92. The van der Waals surface area contributed by atoms with Gasteiger partial charge in [0.15, 0.2) is 0 Å². The van der Waals surface area contributed by atoms with Crippen LogP contribution in [0.1, 0.15) is 62.4 Å². The van der Waals surface area contributed by atoms with Crippen LogP contribution in [0.2, 0.25) is 0 Å². The predicted octanol–water partition coefficient (Wildman–Crippen LogP) is 3.56. The lowest BCUT2D eigenvalue weighted by Gasteiger charge is -2.14. The van der Waals surface area contributed by atoms with Crippen molar-refractivity contribution >= 4 is 17.0 Å². The van der Waals surface area contributed by atoms with Crippen LogP contribution >= 0.6 is 0 Å². The first-order valence-electron chi connectivity index (χ1n) is 7.52. The van der Waals surface area contributed by atoms with E-state index in [4.69, 9.17) is 0 Å². The Morgan fingerprint density at radius 2 is 2.10 bits per heavy atom. The fraction of sp³-hybridized carbons (Fsp3) is 0.500. The molecule has 0 saturated heterocycles. The van der Waals surface area contributed by atoms with E-state index >= 15 is 0 Å². The van der Waals surface area contributed by atoms with E-state index in [1.54, 1.807) is 16.7 Å². The molecular formula is C16H22N2O3. The Kier molecular flexibility index (Phi) is 4.83. The summed E-state index contributed by atoms with van der Waals surface area (Å²) in [7, 11) is 0. The van der Waals surface area contributed by atoms with Crippen LogP contribution < -0.4 is 5.69 Å². The van der Waals surface area contributed by atoms with Crippen molar-refractivity contribution < 1.29 is 9.90 Å². The van der Waals surface area contributed by atoms with Crippen molar-refractivity contribution in [3.05, 3.63) is 34.2 Å². The summed E-state index contributed by atoms with van der Waals surface area (Å²) in [4.78, 5) is 26.3. The molecule has 0 aliphatic heterocycles. The first kappa shape index (κ1) is 15.4. The highest BCUT2D eigenvalue weighted by molar-refractivity contribution is 6.01. The van der Waals surface area contributed by atoms with Gasteiger partial charge in [-0.25, -0.2) is 9.59 Å². The van der Waals surface area contributed by atoms with E-state index in [1.807, 2.05) is 6.92 Å². The minimum atomic E-state index is -1.01. The molecule has 2 N–H and O–H groups in total. The smallest absolute Gasteiger partial charge is 0.337 e. The Morgan fingerprint density at radius 1 is 1.33 bits per heavy atom. The molecule has 2 aromatic rings. The number of hydrogen-bond acceptors (Lipinski definition) is 2. The summed E-state index contributed by atoms with van der Waals surface area (Å²) in [6.07, 6.45) is 5.42. The van der Waals surface area contributed by atoms with Crippen LogP contribution in [-0.4, -0.2) is 20.6 Å². The lowest BCUT2D eigenvalue weighted by atomic mass is 10.1. The predicted molar refractivity (Wildman–Crippen MR) is 83.0 cm³/mol. The topological polar surface area (TPSA) is 75.1 Å². The number of aromatic nitrogens is 2. The average molecular weight is 290 g/mol. The van der Waals surface area contributed by atoms with Crippen molar-refractivity contribution in [3.8, 4) is 0 Å². The Hall–Kier alpha value is -2.04. The van der Waals surface area contributed by atoms with Gasteiger partial charge >= 0.3 is 11.7 Å². The van der Waals surface area contributed by atoms with Gasteiger partial charge in [-0.05, 0) is 25.5 Å². The second kappa shape index (κ2) is 6.61. The number of imidazole rings is 1. The molecule has 0 radical (unpaired) electrons. The van der Waals surface area contributed by atoms with Crippen molar-refractivity contribution in [2.24, 2.45) is 0 Å². The van der Waals surface area contributed by atoms with Crippen LogP contribution in [-0.2, 0) is 0 Å². The first-order chi connectivity index (χ1) is 10.1. The lowest BCUT2D eigenvalue weighted by Crippen LogP contribution is -2.21. The van der Waals surface area contributed by atoms with Crippen molar-refractivity contribution in [2.75, 3.05) is 0 Å². The van der Waals surface area contributed by atoms with Crippen LogP contribution in [0.15, 0.2) is 23.0 Å². The van der Waals surface area contributed by atoms with Gasteiger partial charge in [-0.1, -0.05) is 38.7 Å². The van der Waals surface area contributed by atoms with E-state index in [9.17, 15) is 14.7 Å². The van der Waals surface area contributed by atoms with Crippen molar-refractivity contribution in [2.45, 2.75) is 52.0 Å². The molecule has 0 amide bonds. The molecule has 5 nitrogen and oxygen atoms in total. The van der Waals surface area contributed by atoms with Gasteiger partial charge in [0, 0.05) is 6.04 Å². The maximum atomic E-state index is 12.2. The number of carbonyl (C=O) groups is 1. The number of H-pyrrole nitrogens is 1. The number of aromatic carboxylic acids is 1. The highest BCUT2D eigenvalue weighted by Crippen LogP contribution is 2.22. The van der Waals surface area contributed by atoms with E-state index in [0.29, 0.717) is 11.0 Å². The third kappa shape index (κ3) is 3.17. The van der Waals surface area contributed by atoms with E-state index < -0.39 is 5.97 Å². The van der Waals surface area contributed by atoms with E-state index in [0.717, 1.165) is 19.3 Å². The monoisotopic (exact) mass is 290 g/mol. The first-order valence-corrected chi connectivity index (χ1v) is 7.52. The number of rotatable bonds is 7. The number of nitrogens with one attached hydrogen (secondary N) is 1. The second-order valence-electron chi connectivity index (χ2n) is 5.51. The number of hydrogen-bond donors (Lipinski definition) is 2. The maximum absolute atomic E-state index is 12.2. The number of benzene rings is 1. The Labute approximate surface area is 123 Å². The number of fused-ring (bicyclic) bond motifs is 1. The van der Waals surface area contributed by atoms with Gasteiger partial charge in [-0.2, -0.15) is 0 Å². The summed E-state index contributed by atoms with van der Waals surface area (Å²) in [5, 5.41) is 9.32. The zero-order valence-corrected chi connectivity index (χ0v) is 12.6. The summed E-state index contributed by atoms with van der Waals surface area (Å²) < 4.78 is 1.59. The molecule has 0 saturated carbocycles. The molecule has 0 spiro atoms. The Balaban J connectivity index is 2.36. The number of unbranched alkanes of at least 4 members (excludes halogenated alkanes) is 3. The number of carboxylic acids is 1. The lowest BCUT2D eigenvalue weighted by molar-refractivity contribution is 0.0698. The largest absolute Gasteiger partial charge is 0.478 e. The van der Waals surface area contributed by atoms with Gasteiger partial charge in [0.25, 0.3) is 0 Å². The van der Waals surface area contributed by atoms with Crippen LogP contribution in [0, 0.1) is 0 Å². The van der Waals surface area contributed by atoms with Crippen molar-refractivity contribution in [3.63, 3.8) is 0 Å². The van der Waals surface area contributed by atoms with Gasteiger partial charge in [-0.3, -0.25) is 4.57 Å². The van der Waals surface area contributed by atoms with Crippen LogP contribution in [0.3, 0.4) is 0 Å². The van der Waals surface area contributed by atoms with Crippen molar-refractivity contribution in [1.82, 2.24) is 9.55 Å². The molecule has 2 rings (SSSR count). The summed E-state index contributed by atoms with van der Waals surface area (Å²) in [5.74, 6) is -1.01. The third-order valence-electron chi connectivity index (χ3n) is 3.88. The average Bonchev–Trinajstić information content (AvgIpc) is 2.78. The van der Waals surface area contributed by atoms with Gasteiger partial charge in [-0.15, -0.1) is 0 Å². The highest BCUT2D eigenvalue weighted by Gasteiger charge is 2.18. The summed E-state index contributed by atoms with van der Waals surface area (Å²) in [5.41, 5.74) is 1.02. The molecule has 1 heterocycles. The fourth-order valence-electron chi connectivity index (χ4n) is 2.77. The zero-order valence-electron chi connectivity index (χ0n) is 12.6. The molecule has 0 bridgehead atoms. The van der Waals surface area contributed by atoms with Crippen LogP contribution in [0.25, 0.3) is 11.0 Å². The highest BCUT2D eigenvalue weighted by atomic mass is 16.4. The SMILES string of the molecule is CCCCCCC(C)n1c(=O)[nH]c2cccc(C(=O)O)c21. The molecule has 0 fully saturated rings. The Bertz CT molecular complexity index is 684. The molecule has 1 aromatic heterocycles. The van der Waals surface area contributed by atoms with E-state index in [2.05, 4.69) is 11.9 Å². The number of nitrogens with zero attached hydrogens (tertiary/aromatic N) is 1. The molecule has 0 aliphatic carbocycles. The van der Waals surface area contributed by atoms with E-state index in [-0.39, 0.29) is 17.3 Å². The fourth-order valence-corrected chi connectivity index (χ4v) is 2.77. The van der Waals surface area contributed by atoms with Crippen LogP contribution in [0.4, 0.5) is 0 Å². The number of para-hydroxylation sites is 1. The normalized spacial score (nSPS) is 12.7. The second-order valence-corrected chi connectivity index (χ2v) is 5.51. The van der Waals surface area contributed by atoms with Crippen molar-refractivity contribution in [1.29, 1.82) is 0 Å². The molecule has 1 atom stereocenters.